The molecule has 6 nitrogen and oxygen atoms in total. The van der Waals surface area contributed by atoms with Crippen LogP contribution in [0.3, 0.4) is 0 Å². The molecule has 0 spiro atoms. The van der Waals surface area contributed by atoms with E-state index in [1.54, 1.807) is 24.4 Å². The Balaban J connectivity index is 2.26. The molecule has 0 bridgehead atoms. The third-order valence-corrected chi connectivity index (χ3v) is 2.96. The largest absolute Gasteiger partial charge is 0.409 e. The minimum atomic E-state index is -0.704. The predicted octanol–water partition coefficient (Wildman–Crippen LogP) is 1.61. The molecule has 4 N–H and O–H groups in total. The number of hydrogen-bond donors (Lipinski definition) is 3. The van der Waals surface area contributed by atoms with Gasteiger partial charge in [-0.25, -0.2) is 0 Å². The second-order valence-corrected chi connectivity index (χ2v) is 4.59. The molecule has 0 radical (unpaired) electrons. The van der Waals surface area contributed by atoms with Crippen molar-refractivity contribution in [2.45, 2.75) is 13.0 Å². The molecule has 21 heavy (non-hydrogen) atoms. The molecule has 0 fully saturated rings. The Morgan fingerprint density at radius 2 is 2.05 bits per heavy atom. The van der Waals surface area contributed by atoms with E-state index in [1.807, 2.05) is 25.1 Å². The molecule has 0 aliphatic carbocycles. The van der Waals surface area contributed by atoms with E-state index in [2.05, 4.69) is 15.5 Å². The van der Waals surface area contributed by atoms with Crippen LogP contribution in [-0.2, 0) is 0 Å². The Labute approximate surface area is 122 Å². The van der Waals surface area contributed by atoms with Crippen LogP contribution in [0.25, 0.3) is 0 Å². The summed E-state index contributed by atoms with van der Waals surface area (Å²) in [6, 6.07) is 10.1. The lowest BCUT2D eigenvalue weighted by molar-refractivity contribution is 0.0945. The van der Waals surface area contributed by atoms with E-state index in [0.717, 1.165) is 11.1 Å². The number of nitrogens with one attached hydrogen (secondary N) is 1. The van der Waals surface area contributed by atoms with Gasteiger partial charge < -0.3 is 16.3 Å². The number of aromatic nitrogens is 1. The summed E-state index contributed by atoms with van der Waals surface area (Å²) in [5, 5.41) is 14.6. The topological polar surface area (TPSA) is 101 Å². The standard InChI is InChI=1S/C15H16N4O2/c1-10-7-12(9-17-8-10)15(20)18-13(14(16)19-21)11-5-3-2-4-6-11/h2-9,13,21H,1H3,(H2,16,19)(H,18,20). The fourth-order valence-corrected chi connectivity index (χ4v) is 1.92. The van der Waals surface area contributed by atoms with Gasteiger partial charge in [0, 0.05) is 12.4 Å². The number of oxime groups is 1. The molecule has 1 atom stereocenters. The number of aryl methyl sites for hydroxylation is 1. The second-order valence-electron chi connectivity index (χ2n) is 4.59. The summed E-state index contributed by atoms with van der Waals surface area (Å²) >= 11 is 0. The van der Waals surface area contributed by atoms with Gasteiger partial charge in [0.05, 0.1) is 5.56 Å². The zero-order valence-electron chi connectivity index (χ0n) is 11.5. The van der Waals surface area contributed by atoms with Crippen LogP contribution in [0.5, 0.6) is 0 Å². The zero-order valence-corrected chi connectivity index (χ0v) is 11.5. The number of pyridine rings is 1. The van der Waals surface area contributed by atoms with Crippen molar-refractivity contribution in [3.05, 3.63) is 65.5 Å². The highest BCUT2D eigenvalue weighted by Crippen LogP contribution is 2.14. The normalized spacial score (nSPS) is 12.7. The zero-order chi connectivity index (χ0) is 15.2. The van der Waals surface area contributed by atoms with Crippen LogP contribution in [0.4, 0.5) is 0 Å². The molecular weight excluding hydrogens is 268 g/mol. The molecule has 1 aromatic heterocycles. The number of nitrogens with two attached hydrogens (primary N) is 1. The van der Waals surface area contributed by atoms with Crippen LogP contribution < -0.4 is 11.1 Å². The van der Waals surface area contributed by atoms with Gasteiger partial charge in [-0.1, -0.05) is 35.5 Å². The first-order chi connectivity index (χ1) is 10.1. The number of rotatable bonds is 4. The van der Waals surface area contributed by atoms with Crippen LogP contribution in [-0.4, -0.2) is 21.9 Å². The highest BCUT2D eigenvalue weighted by atomic mass is 16.4. The van der Waals surface area contributed by atoms with Crippen LogP contribution >= 0.6 is 0 Å². The van der Waals surface area contributed by atoms with Crippen molar-refractivity contribution >= 4 is 11.7 Å². The van der Waals surface area contributed by atoms with Crippen molar-refractivity contribution in [3.8, 4) is 0 Å². The fourth-order valence-electron chi connectivity index (χ4n) is 1.92. The Morgan fingerprint density at radius 3 is 2.67 bits per heavy atom. The third kappa shape index (κ3) is 3.56. The van der Waals surface area contributed by atoms with Crippen LogP contribution in [0.1, 0.15) is 27.5 Å². The van der Waals surface area contributed by atoms with Gasteiger partial charge in [-0.05, 0) is 24.1 Å². The molecule has 0 aliphatic heterocycles. The summed E-state index contributed by atoms with van der Waals surface area (Å²) in [6.07, 6.45) is 3.13. The Kier molecular flexibility index (Phi) is 4.50. The van der Waals surface area contributed by atoms with E-state index < -0.39 is 6.04 Å². The first kappa shape index (κ1) is 14.5. The van der Waals surface area contributed by atoms with Gasteiger partial charge in [0.2, 0.25) is 0 Å². The smallest absolute Gasteiger partial charge is 0.253 e. The van der Waals surface area contributed by atoms with Gasteiger partial charge in [-0.15, -0.1) is 0 Å². The Bertz CT molecular complexity index is 656. The maximum Gasteiger partial charge on any atom is 0.253 e. The van der Waals surface area contributed by atoms with Crippen LogP contribution in [0, 0.1) is 6.92 Å². The molecule has 6 heteroatoms. The number of amidine groups is 1. The molecule has 1 aromatic carbocycles. The van der Waals surface area contributed by atoms with E-state index in [1.165, 1.54) is 6.20 Å². The number of hydrogen-bond acceptors (Lipinski definition) is 4. The number of carbonyl (C=O) groups is 1. The van der Waals surface area contributed by atoms with Crippen molar-refractivity contribution in [1.29, 1.82) is 0 Å². The quantitative estimate of drug-likeness (QED) is 0.343. The van der Waals surface area contributed by atoms with Crippen molar-refractivity contribution in [2.75, 3.05) is 0 Å². The maximum atomic E-state index is 12.3. The van der Waals surface area contributed by atoms with Crippen LogP contribution in [0.2, 0.25) is 0 Å². The molecular formula is C15H16N4O2. The molecule has 0 saturated heterocycles. The Morgan fingerprint density at radius 1 is 1.33 bits per heavy atom. The predicted molar refractivity (Wildman–Crippen MR) is 79.0 cm³/mol. The lowest BCUT2D eigenvalue weighted by Gasteiger charge is -2.17. The molecule has 2 aromatic rings. The summed E-state index contributed by atoms with van der Waals surface area (Å²) in [5.41, 5.74) is 7.69. The molecule has 2 rings (SSSR count). The van der Waals surface area contributed by atoms with E-state index in [-0.39, 0.29) is 11.7 Å². The van der Waals surface area contributed by atoms with Crippen molar-refractivity contribution < 1.29 is 10.0 Å². The fraction of sp³-hybridized carbons (Fsp3) is 0.133. The van der Waals surface area contributed by atoms with E-state index in [9.17, 15) is 4.79 Å². The molecule has 1 unspecified atom stereocenters. The van der Waals surface area contributed by atoms with E-state index in [0.29, 0.717) is 5.56 Å². The van der Waals surface area contributed by atoms with Gasteiger partial charge >= 0.3 is 0 Å². The highest BCUT2D eigenvalue weighted by Gasteiger charge is 2.20. The molecule has 108 valence electrons. The molecule has 0 saturated carbocycles. The first-order valence-electron chi connectivity index (χ1n) is 6.36. The third-order valence-electron chi connectivity index (χ3n) is 2.96. The molecule has 1 heterocycles. The molecule has 1 amide bonds. The SMILES string of the molecule is Cc1cncc(C(=O)NC(C(N)=NO)c2ccccc2)c1. The maximum absolute atomic E-state index is 12.3. The van der Waals surface area contributed by atoms with E-state index >= 15 is 0 Å². The monoisotopic (exact) mass is 284 g/mol. The second kappa shape index (κ2) is 6.51. The number of carbonyl (C=O) groups excluding carboxylic acids is 1. The summed E-state index contributed by atoms with van der Waals surface area (Å²) in [6.45, 7) is 1.85. The van der Waals surface area contributed by atoms with Gasteiger partial charge in [0.1, 0.15) is 6.04 Å². The average Bonchev–Trinajstić information content (AvgIpc) is 2.52. The summed E-state index contributed by atoms with van der Waals surface area (Å²) < 4.78 is 0. The minimum absolute atomic E-state index is 0.0878. The lowest BCUT2D eigenvalue weighted by Crippen LogP contribution is -2.37. The summed E-state index contributed by atoms with van der Waals surface area (Å²) in [5.74, 6) is -0.429. The average molecular weight is 284 g/mol. The number of benzene rings is 1. The van der Waals surface area contributed by atoms with Crippen molar-refractivity contribution in [1.82, 2.24) is 10.3 Å². The Hall–Kier alpha value is -2.89. The lowest BCUT2D eigenvalue weighted by atomic mass is 10.1. The van der Waals surface area contributed by atoms with Gasteiger partial charge in [0.25, 0.3) is 5.91 Å². The van der Waals surface area contributed by atoms with Gasteiger partial charge in [0.15, 0.2) is 5.84 Å². The minimum Gasteiger partial charge on any atom is -0.409 e. The van der Waals surface area contributed by atoms with Crippen molar-refractivity contribution in [3.63, 3.8) is 0 Å². The van der Waals surface area contributed by atoms with Gasteiger partial charge in [-0.3, -0.25) is 9.78 Å². The highest BCUT2D eigenvalue weighted by molar-refractivity contribution is 5.98. The van der Waals surface area contributed by atoms with Crippen LogP contribution in [0.15, 0.2) is 53.9 Å². The first-order valence-corrected chi connectivity index (χ1v) is 6.36. The summed E-state index contributed by atoms with van der Waals surface area (Å²) in [7, 11) is 0. The molecule has 0 aliphatic rings. The van der Waals surface area contributed by atoms with Crippen molar-refractivity contribution in [2.24, 2.45) is 10.9 Å². The summed E-state index contributed by atoms with van der Waals surface area (Å²) in [4.78, 5) is 16.2. The number of amides is 1. The van der Waals surface area contributed by atoms with E-state index in [4.69, 9.17) is 10.9 Å². The number of nitrogens with zero attached hydrogens (tertiary/aromatic N) is 2. The van der Waals surface area contributed by atoms with Gasteiger partial charge in [-0.2, -0.15) is 0 Å².